The summed E-state index contributed by atoms with van der Waals surface area (Å²) >= 11 is 0. The summed E-state index contributed by atoms with van der Waals surface area (Å²) in [7, 11) is 1.55. The number of hydrogen-bond acceptors (Lipinski definition) is 2. The molecule has 0 saturated heterocycles. The van der Waals surface area contributed by atoms with Gasteiger partial charge < -0.3 is 4.74 Å². The molecule has 0 amide bonds. The molecule has 1 atom stereocenters. The van der Waals surface area contributed by atoms with E-state index < -0.39 is 11.8 Å². The zero-order chi connectivity index (χ0) is 11.5. The molecule has 0 aromatic heterocycles. The van der Waals surface area contributed by atoms with Gasteiger partial charge in [0.05, 0.1) is 0 Å². The van der Waals surface area contributed by atoms with E-state index in [-0.39, 0.29) is 0 Å². The zero-order valence-electron chi connectivity index (χ0n) is 9.73. The number of nitrogens with zero attached hydrogens (tertiary/aromatic N) is 1. The third kappa shape index (κ3) is 3.02. The van der Waals surface area contributed by atoms with E-state index >= 15 is 0 Å². The smallest absolute Gasteiger partial charge is 0.162 e. The third-order valence-corrected chi connectivity index (χ3v) is 2.18. The van der Waals surface area contributed by atoms with Gasteiger partial charge in [-0.25, -0.2) is 0 Å². The molecule has 0 aliphatic heterocycles. The summed E-state index contributed by atoms with van der Waals surface area (Å²) in [5.74, 6) is 0. The van der Waals surface area contributed by atoms with E-state index in [0.29, 0.717) is 0 Å². The highest BCUT2D eigenvalue weighted by Crippen LogP contribution is 2.26. The van der Waals surface area contributed by atoms with E-state index in [4.69, 9.17) is 4.74 Å². The van der Waals surface area contributed by atoms with Gasteiger partial charge in [0.1, 0.15) is 0 Å². The van der Waals surface area contributed by atoms with Crippen LogP contribution in [0.1, 0.15) is 32.6 Å². The van der Waals surface area contributed by atoms with Crippen LogP contribution in [0.15, 0.2) is 30.3 Å². The summed E-state index contributed by atoms with van der Waals surface area (Å²) in [4.78, 5) is 0. The average molecular weight is 208 g/mol. The molecule has 0 fully saturated rings. The van der Waals surface area contributed by atoms with Gasteiger partial charge in [-0.15, -0.1) is 10.3 Å². The normalized spacial score (nSPS) is 14.3. The Hall–Kier alpha value is -0.900. The number of methoxy groups -OCH3 is 1. The Morgan fingerprint density at radius 2 is 1.73 bits per heavy atom. The first kappa shape index (κ1) is 12.2. The van der Waals surface area contributed by atoms with E-state index in [1.54, 1.807) is 7.11 Å². The van der Waals surface area contributed by atoms with E-state index in [2.05, 4.69) is 0 Å². The molecule has 1 rings (SSSR count). The van der Waals surface area contributed by atoms with Crippen molar-refractivity contribution in [1.82, 2.24) is 5.06 Å². The number of ether oxygens (including phenoxy) is 1. The summed E-state index contributed by atoms with van der Waals surface area (Å²) in [5, 5.41) is 13.0. The average Bonchev–Trinajstić information content (AvgIpc) is 2.19. The standard InChI is InChI=1S/C12H18NO2/c1-12(2,3)13(14)11(15-4)10-8-6-5-7-9-10/h5-9,11H,1-4H3. The maximum Gasteiger partial charge on any atom is 0.162 e. The maximum absolute atomic E-state index is 12.0. The molecule has 1 radical (unpaired) electrons. The van der Waals surface area contributed by atoms with Gasteiger partial charge in [0, 0.05) is 12.6 Å². The number of hydrogen-bond donors (Lipinski definition) is 0. The first-order chi connectivity index (χ1) is 6.96. The summed E-state index contributed by atoms with van der Waals surface area (Å²) in [6.07, 6.45) is -0.536. The van der Waals surface area contributed by atoms with Crippen molar-refractivity contribution in [3.8, 4) is 0 Å². The van der Waals surface area contributed by atoms with Gasteiger partial charge in [-0.2, -0.15) is 0 Å². The molecule has 1 unspecified atom stereocenters. The van der Waals surface area contributed by atoms with Crippen molar-refractivity contribution in [3.05, 3.63) is 35.9 Å². The molecule has 1 aromatic carbocycles. The minimum absolute atomic E-state index is 0.462. The molecule has 0 aliphatic carbocycles. The fraction of sp³-hybridized carbons (Fsp3) is 0.500. The van der Waals surface area contributed by atoms with Crippen molar-refractivity contribution in [2.45, 2.75) is 32.5 Å². The van der Waals surface area contributed by atoms with Gasteiger partial charge in [0.2, 0.25) is 0 Å². The fourth-order valence-electron chi connectivity index (χ4n) is 1.34. The lowest BCUT2D eigenvalue weighted by molar-refractivity contribution is -0.297. The monoisotopic (exact) mass is 208 g/mol. The lowest BCUT2D eigenvalue weighted by Crippen LogP contribution is -2.41. The highest BCUT2D eigenvalue weighted by atomic mass is 16.6. The molecular weight excluding hydrogens is 190 g/mol. The molecule has 3 heteroatoms. The molecule has 0 spiro atoms. The topological polar surface area (TPSA) is 32.4 Å². The van der Waals surface area contributed by atoms with Crippen LogP contribution in [0.3, 0.4) is 0 Å². The summed E-state index contributed by atoms with van der Waals surface area (Å²) < 4.78 is 5.24. The van der Waals surface area contributed by atoms with E-state index in [1.807, 2.05) is 51.1 Å². The molecule has 0 heterocycles. The van der Waals surface area contributed by atoms with Crippen LogP contribution in [0.25, 0.3) is 0 Å². The molecule has 0 N–H and O–H groups in total. The second kappa shape index (κ2) is 4.75. The van der Waals surface area contributed by atoms with Crippen molar-refractivity contribution in [2.24, 2.45) is 0 Å². The molecule has 83 valence electrons. The largest absolute Gasteiger partial charge is 0.360 e. The van der Waals surface area contributed by atoms with Crippen LogP contribution in [0, 0.1) is 0 Å². The van der Waals surface area contributed by atoms with Crippen molar-refractivity contribution in [1.29, 1.82) is 0 Å². The number of rotatable bonds is 3. The second-order valence-corrected chi connectivity index (χ2v) is 4.50. The summed E-state index contributed by atoms with van der Waals surface area (Å²) in [5.41, 5.74) is 0.418. The van der Waals surface area contributed by atoms with Gasteiger partial charge in [0.15, 0.2) is 6.23 Å². The Morgan fingerprint density at radius 3 is 2.13 bits per heavy atom. The van der Waals surface area contributed by atoms with Crippen LogP contribution in [0.5, 0.6) is 0 Å². The summed E-state index contributed by atoms with van der Waals surface area (Å²) in [6.45, 7) is 5.61. The van der Waals surface area contributed by atoms with Crippen molar-refractivity contribution < 1.29 is 9.94 Å². The van der Waals surface area contributed by atoms with E-state index in [0.717, 1.165) is 10.6 Å². The molecule has 0 saturated carbocycles. The maximum atomic E-state index is 12.0. The van der Waals surface area contributed by atoms with Crippen LogP contribution in [0.4, 0.5) is 0 Å². The molecular formula is C12H18NO2. The quantitative estimate of drug-likeness (QED) is 0.565. The van der Waals surface area contributed by atoms with Crippen LogP contribution in [-0.2, 0) is 9.94 Å². The lowest BCUT2D eigenvalue weighted by atomic mass is 10.1. The van der Waals surface area contributed by atoms with Gasteiger partial charge in [-0.05, 0) is 26.3 Å². The Morgan fingerprint density at radius 1 is 1.20 bits per heavy atom. The van der Waals surface area contributed by atoms with E-state index in [1.165, 1.54) is 0 Å². The van der Waals surface area contributed by atoms with Crippen LogP contribution < -0.4 is 0 Å². The minimum atomic E-state index is -0.536. The SMILES string of the molecule is COC(c1ccccc1)N([O])C(C)(C)C. The molecule has 0 aliphatic rings. The van der Waals surface area contributed by atoms with Crippen LogP contribution >= 0.6 is 0 Å². The van der Waals surface area contributed by atoms with Crippen LogP contribution in [0.2, 0.25) is 0 Å². The van der Waals surface area contributed by atoms with Gasteiger partial charge >= 0.3 is 0 Å². The van der Waals surface area contributed by atoms with Crippen molar-refractivity contribution in [2.75, 3.05) is 7.11 Å². The van der Waals surface area contributed by atoms with Gasteiger partial charge in [-0.3, -0.25) is 0 Å². The van der Waals surface area contributed by atoms with Gasteiger partial charge in [-0.1, -0.05) is 30.3 Å². The Balaban J connectivity index is 2.90. The highest BCUT2D eigenvalue weighted by molar-refractivity contribution is 5.17. The Bertz CT molecular complexity index is 292. The van der Waals surface area contributed by atoms with Crippen molar-refractivity contribution >= 4 is 0 Å². The van der Waals surface area contributed by atoms with E-state index in [9.17, 15) is 5.21 Å². The second-order valence-electron chi connectivity index (χ2n) is 4.50. The fourth-order valence-corrected chi connectivity index (χ4v) is 1.34. The molecule has 1 aromatic rings. The zero-order valence-corrected chi connectivity index (χ0v) is 9.73. The predicted octanol–water partition coefficient (Wildman–Crippen LogP) is 2.78. The van der Waals surface area contributed by atoms with Crippen LogP contribution in [-0.4, -0.2) is 17.7 Å². The first-order valence-electron chi connectivity index (χ1n) is 5.01. The first-order valence-corrected chi connectivity index (χ1v) is 5.01. The predicted molar refractivity (Wildman–Crippen MR) is 58.5 cm³/mol. The molecule has 3 nitrogen and oxygen atoms in total. The number of hydroxylamine groups is 2. The van der Waals surface area contributed by atoms with Gasteiger partial charge in [0.25, 0.3) is 0 Å². The Kier molecular flexibility index (Phi) is 3.85. The lowest BCUT2D eigenvalue weighted by Gasteiger charge is -2.33. The minimum Gasteiger partial charge on any atom is -0.360 e. The molecule has 15 heavy (non-hydrogen) atoms. The molecule has 0 bridgehead atoms. The Labute approximate surface area is 91.2 Å². The third-order valence-electron chi connectivity index (χ3n) is 2.18. The van der Waals surface area contributed by atoms with Crippen molar-refractivity contribution in [3.63, 3.8) is 0 Å². The summed E-state index contributed by atoms with van der Waals surface area (Å²) in [6, 6.07) is 9.51. The number of benzene rings is 1. The highest BCUT2D eigenvalue weighted by Gasteiger charge is 2.30.